The number of benzene rings is 1. The topological polar surface area (TPSA) is 77.4 Å². The number of carbonyl (C=O) groups is 1. The van der Waals surface area contributed by atoms with Crippen molar-refractivity contribution >= 4 is 11.6 Å². The molecule has 21 heavy (non-hydrogen) atoms. The van der Waals surface area contributed by atoms with Crippen molar-refractivity contribution in [1.82, 2.24) is 10.2 Å². The van der Waals surface area contributed by atoms with Gasteiger partial charge in [0.1, 0.15) is 11.8 Å². The smallest absolute Gasteiger partial charge is 0.238 e. The molecule has 0 spiro atoms. The van der Waals surface area contributed by atoms with Crippen molar-refractivity contribution in [2.45, 2.75) is 13.0 Å². The summed E-state index contributed by atoms with van der Waals surface area (Å²) in [5.41, 5.74) is 0.729. The van der Waals surface area contributed by atoms with Crippen LogP contribution in [0.3, 0.4) is 0 Å². The van der Waals surface area contributed by atoms with E-state index in [-0.39, 0.29) is 18.5 Å². The summed E-state index contributed by atoms with van der Waals surface area (Å²) >= 11 is 0. The van der Waals surface area contributed by atoms with E-state index in [9.17, 15) is 4.79 Å². The van der Waals surface area contributed by atoms with E-state index >= 15 is 0 Å². The van der Waals surface area contributed by atoms with E-state index in [0.29, 0.717) is 19.7 Å². The van der Waals surface area contributed by atoms with Crippen LogP contribution in [-0.4, -0.2) is 49.6 Å². The second-order valence-corrected chi connectivity index (χ2v) is 4.83. The number of hydrogen-bond acceptors (Lipinski definition) is 5. The molecule has 1 atom stereocenters. The highest BCUT2D eigenvalue weighted by atomic mass is 16.5. The maximum absolute atomic E-state index is 12.0. The van der Waals surface area contributed by atoms with E-state index in [4.69, 9.17) is 10.00 Å². The molecule has 1 fully saturated rings. The van der Waals surface area contributed by atoms with Gasteiger partial charge in [0, 0.05) is 25.3 Å². The van der Waals surface area contributed by atoms with Crippen LogP contribution in [0, 0.1) is 11.3 Å². The van der Waals surface area contributed by atoms with E-state index in [0.717, 1.165) is 18.0 Å². The highest BCUT2D eigenvalue weighted by molar-refractivity contribution is 5.92. The van der Waals surface area contributed by atoms with Crippen LogP contribution in [0.15, 0.2) is 24.3 Å². The molecule has 1 heterocycles. The van der Waals surface area contributed by atoms with Crippen LogP contribution in [0.25, 0.3) is 0 Å². The number of nitrogens with zero attached hydrogens (tertiary/aromatic N) is 2. The number of piperazine rings is 1. The Labute approximate surface area is 124 Å². The van der Waals surface area contributed by atoms with Crippen LogP contribution in [0.2, 0.25) is 0 Å². The number of nitriles is 1. The summed E-state index contributed by atoms with van der Waals surface area (Å²) in [7, 11) is 0. The number of hydrogen-bond donors (Lipinski definition) is 2. The number of amides is 1. The van der Waals surface area contributed by atoms with E-state index in [1.165, 1.54) is 0 Å². The lowest BCUT2D eigenvalue weighted by molar-refractivity contribution is -0.117. The zero-order chi connectivity index (χ0) is 15.1. The third-order valence-corrected chi connectivity index (χ3v) is 3.30. The maximum Gasteiger partial charge on any atom is 0.238 e. The fourth-order valence-electron chi connectivity index (χ4n) is 2.25. The molecule has 0 radical (unpaired) electrons. The normalized spacial score (nSPS) is 18.8. The number of anilines is 1. The monoisotopic (exact) mass is 288 g/mol. The van der Waals surface area contributed by atoms with E-state index < -0.39 is 0 Å². The van der Waals surface area contributed by atoms with Crippen molar-refractivity contribution < 1.29 is 9.53 Å². The molecule has 0 aliphatic carbocycles. The second kappa shape index (κ2) is 7.62. The summed E-state index contributed by atoms with van der Waals surface area (Å²) in [5, 5.41) is 15.1. The SMILES string of the molecule is CCOc1ccc(NC(=O)CN2CCNCC2C#N)cc1. The first kappa shape index (κ1) is 15.3. The van der Waals surface area contributed by atoms with Crippen molar-refractivity contribution in [2.75, 3.05) is 38.1 Å². The maximum atomic E-state index is 12.0. The van der Waals surface area contributed by atoms with Gasteiger partial charge in [-0.3, -0.25) is 9.69 Å². The number of rotatable bonds is 5. The van der Waals surface area contributed by atoms with Crippen LogP contribution in [-0.2, 0) is 4.79 Å². The first-order valence-corrected chi connectivity index (χ1v) is 7.10. The molecule has 1 aromatic carbocycles. The van der Waals surface area contributed by atoms with Crippen molar-refractivity contribution in [3.63, 3.8) is 0 Å². The molecular formula is C15H20N4O2. The van der Waals surface area contributed by atoms with Gasteiger partial charge in [0.05, 0.1) is 19.2 Å². The fourth-order valence-corrected chi connectivity index (χ4v) is 2.25. The molecule has 1 aliphatic rings. The van der Waals surface area contributed by atoms with Gasteiger partial charge < -0.3 is 15.4 Å². The predicted octanol–water partition coefficient (Wildman–Crippen LogP) is 0.821. The van der Waals surface area contributed by atoms with Gasteiger partial charge in [-0.15, -0.1) is 0 Å². The largest absolute Gasteiger partial charge is 0.494 e. The van der Waals surface area contributed by atoms with Gasteiger partial charge in [-0.25, -0.2) is 0 Å². The van der Waals surface area contributed by atoms with E-state index in [2.05, 4.69) is 16.7 Å². The molecular weight excluding hydrogens is 268 g/mol. The number of ether oxygens (including phenoxy) is 1. The van der Waals surface area contributed by atoms with Gasteiger partial charge in [-0.1, -0.05) is 0 Å². The van der Waals surface area contributed by atoms with Crippen molar-refractivity contribution in [2.24, 2.45) is 0 Å². The summed E-state index contributed by atoms with van der Waals surface area (Å²) < 4.78 is 5.35. The fraction of sp³-hybridized carbons (Fsp3) is 0.467. The molecule has 6 heteroatoms. The lowest BCUT2D eigenvalue weighted by Crippen LogP contribution is -2.52. The molecule has 2 rings (SSSR count). The molecule has 0 aromatic heterocycles. The zero-order valence-electron chi connectivity index (χ0n) is 12.1. The minimum Gasteiger partial charge on any atom is -0.494 e. The predicted molar refractivity (Wildman–Crippen MR) is 80.1 cm³/mol. The third-order valence-electron chi connectivity index (χ3n) is 3.30. The minimum atomic E-state index is -0.246. The molecule has 2 N–H and O–H groups in total. The Kier molecular flexibility index (Phi) is 5.55. The average molecular weight is 288 g/mol. The summed E-state index contributed by atoms with van der Waals surface area (Å²) in [6.45, 7) is 4.88. The van der Waals surface area contributed by atoms with Crippen LogP contribution in [0.1, 0.15) is 6.92 Å². The van der Waals surface area contributed by atoms with Crippen molar-refractivity contribution in [3.8, 4) is 11.8 Å². The van der Waals surface area contributed by atoms with Gasteiger partial charge in [-0.2, -0.15) is 5.26 Å². The standard InChI is InChI=1S/C15H20N4O2/c1-2-21-14-5-3-12(4-6-14)18-15(20)11-19-8-7-17-10-13(19)9-16/h3-6,13,17H,2,7-8,10-11H2,1H3,(H,18,20). The first-order chi connectivity index (χ1) is 10.2. The van der Waals surface area contributed by atoms with Crippen LogP contribution in [0.4, 0.5) is 5.69 Å². The lowest BCUT2D eigenvalue weighted by Gasteiger charge is -2.31. The van der Waals surface area contributed by atoms with Crippen LogP contribution < -0.4 is 15.4 Å². The molecule has 1 amide bonds. The van der Waals surface area contributed by atoms with E-state index in [1.807, 2.05) is 36.1 Å². The van der Waals surface area contributed by atoms with E-state index in [1.54, 1.807) is 0 Å². The van der Waals surface area contributed by atoms with Gasteiger partial charge in [-0.05, 0) is 31.2 Å². The molecule has 1 aromatic rings. The summed E-state index contributed by atoms with van der Waals surface area (Å²) in [4.78, 5) is 13.9. The molecule has 1 saturated heterocycles. The van der Waals surface area contributed by atoms with Crippen molar-refractivity contribution in [1.29, 1.82) is 5.26 Å². The lowest BCUT2D eigenvalue weighted by atomic mass is 10.2. The third kappa shape index (κ3) is 4.45. The first-order valence-electron chi connectivity index (χ1n) is 7.10. The highest BCUT2D eigenvalue weighted by Crippen LogP contribution is 2.15. The molecule has 1 aliphatic heterocycles. The van der Waals surface area contributed by atoms with Crippen LogP contribution in [0.5, 0.6) is 5.75 Å². The second-order valence-electron chi connectivity index (χ2n) is 4.83. The molecule has 112 valence electrons. The summed E-state index contributed by atoms with van der Waals surface area (Å²) in [6.07, 6.45) is 0. The van der Waals surface area contributed by atoms with Gasteiger partial charge in [0.15, 0.2) is 0 Å². The Morgan fingerprint density at radius 2 is 2.29 bits per heavy atom. The van der Waals surface area contributed by atoms with Gasteiger partial charge in [0.25, 0.3) is 0 Å². The van der Waals surface area contributed by atoms with Gasteiger partial charge in [0.2, 0.25) is 5.91 Å². The highest BCUT2D eigenvalue weighted by Gasteiger charge is 2.23. The zero-order valence-corrected chi connectivity index (χ0v) is 12.1. The summed E-state index contributed by atoms with van der Waals surface area (Å²) in [6, 6.07) is 9.22. The van der Waals surface area contributed by atoms with Gasteiger partial charge >= 0.3 is 0 Å². The van der Waals surface area contributed by atoms with Crippen LogP contribution >= 0.6 is 0 Å². The molecule has 0 saturated carbocycles. The Morgan fingerprint density at radius 1 is 1.52 bits per heavy atom. The Bertz CT molecular complexity index is 509. The molecule has 0 bridgehead atoms. The number of nitrogens with one attached hydrogen (secondary N) is 2. The summed E-state index contributed by atoms with van der Waals surface area (Å²) in [5.74, 6) is 0.670. The number of carbonyl (C=O) groups excluding carboxylic acids is 1. The quantitative estimate of drug-likeness (QED) is 0.839. The van der Waals surface area contributed by atoms with Crippen molar-refractivity contribution in [3.05, 3.63) is 24.3 Å². The molecule has 6 nitrogen and oxygen atoms in total. The minimum absolute atomic E-state index is 0.110. The Balaban J connectivity index is 1.87. The Morgan fingerprint density at radius 3 is 2.95 bits per heavy atom. The average Bonchev–Trinajstić information content (AvgIpc) is 2.50. The molecule has 1 unspecified atom stereocenters. The Hall–Kier alpha value is -2.10.